The number of aldehydes is 2. The second kappa shape index (κ2) is 21.9. The van der Waals surface area contributed by atoms with E-state index >= 15 is 0 Å². The first-order valence-electron chi connectivity index (χ1n) is 24.0. The molecule has 0 aliphatic carbocycles. The number of nitrogens with zero attached hydrogens (tertiary/aromatic N) is 8. The van der Waals surface area contributed by atoms with Gasteiger partial charge < -0.3 is 19.6 Å². The molecule has 14 nitrogen and oxygen atoms in total. The molecule has 2 amide bonds. The van der Waals surface area contributed by atoms with Gasteiger partial charge in [0.2, 0.25) is 11.8 Å². The second-order valence-electron chi connectivity index (χ2n) is 19.0. The number of benzene rings is 3. The van der Waals surface area contributed by atoms with E-state index < -0.39 is 23.5 Å². The minimum absolute atomic E-state index is 0.131. The maximum Gasteiger partial charge on any atom is 0.418 e. The van der Waals surface area contributed by atoms with Crippen LogP contribution in [-0.4, -0.2) is 109 Å². The number of alkyl halides is 3. The summed E-state index contributed by atoms with van der Waals surface area (Å²) in [6.45, 7) is 3.31. The molecule has 368 valence electrons. The van der Waals surface area contributed by atoms with Gasteiger partial charge in [0.25, 0.3) is 0 Å². The number of pyridine rings is 1. The minimum Gasteiger partial charge on any atom is -0.359 e. The van der Waals surface area contributed by atoms with E-state index in [1.807, 2.05) is 42.1 Å². The number of hydrogen-bond acceptors (Lipinski definition) is 9. The molecule has 2 saturated heterocycles. The summed E-state index contributed by atoms with van der Waals surface area (Å²) in [6, 6.07) is 21.9. The zero-order chi connectivity index (χ0) is 49.5. The number of piperidine rings is 2. The lowest BCUT2D eigenvalue weighted by molar-refractivity contribution is -0.136. The number of likely N-dealkylation sites (N-methyl/N-ethyl adjacent to an activating group) is 1. The number of rotatable bonds is 18. The number of aryl methyl sites for hydroxylation is 1. The van der Waals surface area contributed by atoms with Crippen LogP contribution in [0.25, 0.3) is 22.3 Å². The van der Waals surface area contributed by atoms with Crippen LogP contribution in [0.4, 0.5) is 13.2 Å². The molecule has 0 saturated carbocycles. The van der Waals surface area contributed by atoms with Gasteiger partial charge in [-0.05, 0) is 128 Å². The van der Waals surface area contributed by atoms with Crippen molar-refractivity contribution in [2.75, 3.05) is 40.3 Å². The van der Waals surface area contributed by atoms with Crippen molar-refractivity contribution < 1.29 is 32.3 Å². The second-order valence-corrected chi connectivity index (χ2v) is 19.0. The van der Waals surface area contributed by atoms with Crippen molar-refractivity contribution in [3.63, 3.8) is 0 Å². The highest BCUT2D eigenvalue weighted by Crippen LogP contribution is 2.35. The maximum absolute atomic E-state index is 14.5. The van der Waals surface area contributed by atoms with Crippen LogP contribution in [0.15, 0.2) is 96.3 Å². The third kappa shape index (κ3) is 11.8. The first-order chi connectivity index (χ1) is 33.7. The van der Waals surface area contributed by atoms with Gasteiger partial charge in [-0.25, -0.2) is 4.79 Å². The van der Waals surface area contributed by atoms with Crippen LogP contribution in [0.2, 0.25) is 0 Å². The van der Waals surface area contributed by atoms with Gasteiger partial charge in [0, 0.05) is 77.5 Å². The predicted octanol–water partition coefficient (Wildman–Crippen LogP) is 6.92. The fourth-order valence-electron chi connectivity index (χ4n) is 9.97. The number of nitrogens with one attached hydrogen (secondary N) is 1. The molecule has 3 aromatic heterocycles. The molecule has 0 radical (unpaired) electrons. The molecular formula is C53H60F3N9O5. The normalized spacial score (nSPS) is 15.7. The average molecular weight is 960 g/mol. The summed E-state index contributed by atoms with van der Waals surface area (Å²) in [6.07, 6.45) is 7.09. The van der Waals surface area contributed by atoms with Crippen molar-refractivity contribution in [2.24, 2.45) is 18.9 Å². The number of halogens is 3. The molecule has 5 heterocycles. The lowest BCUT2D eigenvalue weighted by atomic mass is 9.88. The Labute approximate surface area is 405 Å². The van der Waals surface area contributed by atoms with Crippen LogP contribution in [0.1, 0.15) is 88.9 Å². The number of aromatic nitrogens is 5. The molecule has 0 spiro atoms. The van der Waals surface area contributed by atoms with E-state index in [0.29, 0.717) is 80.5 Å². The number of carbonyl (C=O) groups is 4. The summed E-state index contributed by atoms with van der Waals surface area (Å²) in [5, 5.41) is 10.6. The number of amides is 2. The molecule has 6 aromatic rings. The summed E-state index contributed by atoms with van der Waals surface area (Å²) in [5.41, 5.74) is 4.55. The molecule has 70 heavy (non-hydrogen) atoms. The Morgan fingerprint density at radius 1 is 0.886 bits per heavy atom. The van der Waals surface area contributed by atoms with Gasteiger partial charge in [0.1, 0.15) is 24.7 Å². The molecule has 8 rings (SSSR count). The van der Waals surface area contributed by atoms with Crippen LogP contribution in [-0.2, 0) is 53.5 Å². The van der Waals surface area contributed by atoms with E-state index in [4.69, 9.17) is 0 Å². The monoisotopic (exact) mass is 959 g/mol. The number of fused-ring (bicyclic) bond motifs is 1. The van der Waals surface area contributed by atoms with Crippen LogP contribution in [0.3, 0.4) is 0 Å². The van der Waals surface area contributed by atoms with Crippen molar-refractivity contribution in [2.45, 2.75) is 83.1 Å². The molecule has 2 aliphatic heterocycles. The Bertz CT molecular complexity index is 2870. The third-order valence-corrected chi connectivity index (χ3v) is 14.2. The number of hydrogen-bond donors (Lipinski definition) is 1. The average Bonchev–Trinajstić information content (AvgIpc) is 3.92. The molecule has 1 N–H and O–H groups in total. The molecule has 17 heteroatoms. The highest BCUT2D eigenvalue weighted by molar-refractivity contribution is 5.80. The lowest BCUT2D eigenvalue weighted by Crippen LogP contribution is -2.41. The van der Waals surface area contributed by atoms with Gasteiger partial charge in [0.05, 0.1) is 22.8 Å². The van der Waals surface area contributed by atoms with Crippen LogP contribution in [0, 0.1) is 11.8 Å². The zero-order valence-electron chi connectivity index (χ0n) is 39.9. The first kappa shape index (κ1) is 49.7. The van der Waals surface area contributed by atoms with Crippen LogP contribution >= 0.6 is 0 Å². The summed E-state index contributed by atoms with van der Waals surface area (Å²) >= 11 is 0. The Hall–Kier alpha value is -6.72. The fourth-order valence-corrected chi connectivity index (χ4v) is 9.97. The minimum atomic E-state index is -4.68. The predicted molar refractivity (Wildman–Crippen MR) is 259 cm³/mol. The SMILES string of the molecule is CNC(=O)CCC(C=O)N(C)Cc1cc(-c2ccc(CC3CCN(C(=O)CC4CCN(Cc5cc(C(F)(F)F)c6cn(-c7cccc(Cc8nncn8C)c7)c(=O)n6c5)CC4)CC3)cc2)ccc1C=O. The summed E-state index contributed by atoms with van der Waals surface area (Å²) in [4.78, 5) is 68.7. The lowest BCUT2D eigenvalue weighted by Gasteiger charge is -2.35. The van der Waals surface area contributed by atoms with Gasteiger partial charge >= 0.3 is 11.9 Å². The topological polar surface area (TPSA) is 147 Å². The summed E-state index contributed by atoms with van der Waals surface area (Å²) in [7, 11) is 5.21. The van der Waals surface area contributed by atoms with Gasteiger partial charge in [-0.15, -0.1) is 10.2 Å². The Balaban J connectivity index is 0.812. The summed E-state index contributed by atoms with van der Waals surface area (Å²) in [5.74, 6) is 1.37. The maximum atomic E-state index is 14.5. The standard InChI is InChI=1S/C53H60F3N9O5/c1-57-50(68)14-13-46(34-67)60(2)31-44-28-42(11-12-43(44)33-66)41-9-7-36(8-10-41)23-37-17-21-63(22-18-37)51(69)27-38-15-19-62(20-16-38)29-40-25-47(53(54,55)56)48-32-64(52(70)65(48)30-40)45-6-4-5-39(24-45)26-49-59-58-35-61(49)3/h4-12,24-25,28,30,32-35,37-38,46H,13-23,26-27,29,31H2,1-3H3,(H,57,68). The molecule has 3 aromatic carbocycles. The zero-order valence-corrected chi connectivity index (χ0v) is 39.9. The molecule has 2 fully saturated rings. The van der Waals surface area contributed by atoms with E-state index in [0.717, 1.165) is 77.4 Å². The van der Waals surface area contributed by atoms with Gasteiger partial charge in [-0.3, -0.25) is 33.2 Å². The largest absolute Gasteiger partial charge is 0.418 e. The Kier molecular flexibility index (Phi) is 15.6. The van der Waals surface area contributed by atoms with Gasteiger partial charge in [0.15, 0.2) is 0 Å². The highest BCUT2D eigenvalue weighted by Gasteiger charge is 2.35. The molecule has 1 unspecified atom stereocenters. The van der Waals surface area contributed by atoms with E-state index in [1.165, 1.54) is 22.5 Å². The molecule has 2 aliphatic rings. The van der Waals surface area contributed by atoms with Crippen molar-refractivity contribution in [1.29, 1.82) is 0 Å². The highest BCUT2D eigenvalue weighted by atomic mass is 19.4. The molecular weight excluding hydrogens is 900 g/mol. The van der Waals surface area contributed by atoms with Crippen molar-refractivity contribution in [1.82, 2.24) is 43.7 Å². The van der Waals surface area contributed by atoms with E-state index in [2.05, 4.69) is 44.7 Å². The van der Waals surface area contributed by atoms with E-state index in [9.17, 15) is 37.1 Å². The van der Waals surface area contributed by atoms with E-state index in [-0.39, 0.29) is 36.2 Å². The fraction of sp³-hybridized carbons (Fsp3) is 0.415. The van der Waals surface area contributed by atoms with Crippen LogP contribution in [0.5, 0.6) is 0 Å². The quantitative estimate of drug-likeness (QED) is 0.0908. The molecule has 1 atom stereocenters. The first-order valence-corrected chi connectivity index (χ1v) is 24.0. The van der Waals surface area contributed by atoms with Crippen molar-refractivity contribution in [3.05, 3.63) is 141 Å². The van der Waals surface area contributed by atoms with Crippen molar-refractivity contribution >= 4 is 29.9 Å². The van der Waals surface area contributed by atoms with Crippen LogP contribution < -0.4 is 11.0 Å². The summed E-state index contributed by atoms with van der Waals surface area (Å²) < 4.78 is 47.8. The van der Waals surface area contributed by atoms with E-state index in [1.54, 1.807) is 42.2 Å². The number of imidazole rings is 1. The van der Waals surface area contributed by atoms with Crippen molar-refractivity contribution in [3.8, 4) is 16.8 Å². The van der Waals surface area contributed by atoms with Gasteiger partial charge in [-0.2, -0.15) is 13.2 Å². The third-order valence-electron chi connectivity index (χ3n) is 14.2. The smallest absolute Gasteiger partial charge is 0.359 e. The Morgan fingerprint density at radius 3 is 2.29 bits per heavy atom. The number of carbonyl (C=O) groups excluding carboxylic acids is 4. The molecule has 0 bridgehead atoms. The van der Waals surface area contributed by atoms with Gasteiger partial charge in [-0.1, -0.05) is 48.5 Å². The Morgan fingerprint density at radius 2 is 1.61 bits per heavy atom. The number of likely N-dealkylation sites (tertiary alicyclic amines) is 2.